The van der Waals surface area contributed by atoms with E-state index < -0.39 is 9.28 Å². The van der Waals surface area contributed by atoms with E-state index in [2.05, 4.69) is 40.2 Å². The second-order valence-corrected chi connectivity index (χ2v) is 7.07. The van der Waals surface area contributed by atoms with Gasteiger partial charge in [-0.2, -0.15) is 0 Å². The number of rotatable bonds is 7. The first-order chi connectivity index (χ1) is 7.76. The molecule has 0 aliphatic carbocycles. The molecule has 0 bridgehead atoms. The maximum atomic E-state index is 5.28. The molecule has 0 N–H and O–H groups in total. The van der Waals surface area contributed by atoms with Crippen molar-refractivity contribution in [1.29, 1.82) is 0 Å². The minimum Gasteiger partial charge on any atom is -0.400 e. The van der Waals surface area contributed by atoms with Crippen LogP contribution in [0.4, 0.5) is 0 Å². The second-order valence-electron chi connectivity index (χ2n) is 3.78. The normalized spacial score (nSPS) is 11.0. The number of unbranched alkanes of at least 4 members (excludes halogenated alkanes) is 1. The van der Waals surface area contributed by atoms with Crippen LogP contribution in [0.3, 0.4) is 0 Å². The van der Waals surface area contributed by atoms with Crippen molar-refractivity contribution in [2.24, 2.45) is 0 Å². The van der Waals surface area contributed by atoms with Crippen molar-refractivity contribution in [1.82, 2.24) is 0 Å². The van der Waals surface area contributed by atoms with Crippen LogP contribution in [0.1, 0.15) is 18.4 Å². The van der Waals surface area contributed by atoms with Crippen molar-refractivity contribution < 1.29 is 8.85 Å². The molecule has 0 atom stereocenters. The number of benzene rings is 1. The molecule has 0 radical (unpaired) electrons. The lowest BCUT2D eigenvalue weighted by Crippen LogP contribution is -2.18. The van der Waals surface area contributed by atoms with E-state index in [1.54, 1.807) is 14.2 Å². The van der Waals surface area contributed by atoms with Gasteiger partial charge in [0.15, 0.2) is 0 Å². The highest BCUT2D eigenvalue weighted by Crippen LogP contribution is 2.14. The van der Waals surface area contributed by atoms with E-state index in [-0.39, 0.29) is 0 Å². The zero-order valence-electron chi connectivity index (χ0n) is 9.91. The summed E-state index contributed by atoms with van der Waals surface area (Å²) < 4.78 is 11.7. The largest absolute Gasteiger partial charge is 0.400 e. The standard InChI is InChI=1S/C12H19BrO2Si/c1-14-16(15-2)9-4-3-6-11-7-5-8-12(13)10-11/h5,7-8,10,16H,3-4,6,9H2,1-2H3. The summed E-state index contributed by atoms with van der Waals surface area (Å²) in [6.45, 7) is 0. The molecule has 0 saturated heterocycles. The summed E-state index contributed by atoms with van der Waals surface area (Å²) in [5.41, 5.74) is 1.39. The van der Waals surface area contributed by atoms with Gasteiger partial charge in [-0.3, -0.25) is 0 Å². The molecule has 0 aliphatic heterocycles. The van der Waals surface area contributed by atoms with E-state index in [0.29, 0.717) is 0 Å². The number of halogens is 1. The van der Waals surface area contributed by atoms with Gasteiger partial charge in [-0.15, -0.1) is 0 Å². The summed E-state index contributed by atoms with van der Waals surface area (Å²) >= 11 is 3.48. The third kappa shape index (κ3) is 5.25. The van der Waals surface area contributed by atoms with Crippen molar-refractivity contribution in [3.8, 4) is 0 Å². The Morgan fingerprint density at radius 3 is 2.56 bits per heavy atom. The first-order valence-corrected chi connectivity index (χ1v) is 8.11. The first kappa shape index (κ1) is 13.9. The van der Waals surface area contributed by atoms with Gasteiger partial charge in [-0.25, -0.2) is 0 Å². The summed E-state index contributed by atoms with van der Waals surface area (Å²) in [5.74, 6) is 0. The minimum atomic E-state index is -1.34. The van der Waals surface area contributed by atoms with Crippen molar-refractivity contribution in [3.05, 3.63) is 34.3 Å². The second kappa shape index (κ2) is 8.01. The van der Waals surface area contributed by atoms with Gasteiger partial charge in [0.25, 0.3) is 0 Å². The maximum absolute atomic E-state index is 5.28. The molecule has 0 aromatic heterocycles. The molecule has 90 valence electrons. The maximum Gasteiger partial charge on any atom is 0.320 e. The Hall–Kier alpha value is -0.163. The van der Waals surface area contributed by atoms with Gasteiger partial charge in [0, 0.05) is 18.7 Å². The van der Waals surface area contributed by atoms with Crippen molar-refractivity contribution >= 4 is 25.2 Å². The van der Waals surface area contributed by atoms with Crippen LogP contribution in [0.2, 0.25) is 6.04 Å². The van der Waals surface area contributed by atoms with Crippen LogP contribution >= 0.6 is 15.9 Å². The number of hydrogen-bond acceptors (Lipinski definition) is 2. The quantitative estimate of drug-likeness (QED) is 0.568. The zero-order chi connectivity index (χ0) is 11.8. The number of aryl methyl sites for hydroxylation is 1. The van der Waals surface area contributed by atoms with Gasteiger partial charge in [0.1, 0.15) is 0 Å². The lowest BCUT2D eigenvalue weighted by Gasteiger charge is -2.10. The van der Waals surface area contributed by atoms with Crippen LogP contribution in [0.5, 0.6) is 0 Å². The average molecular weight is 303 g/mol. The van der Waals surface area contributed by atoms with Gasteiger partial charge in [0.05, 0.1) is 0 Å². The summed E-state index contributed by atoms with van der Waals surface area (Å²) in [4.78, 5) is 0. The van der Waals surface area contributed by atoms with Crippen LogP contribution in [0, 0.1) is 0 Å². The Labute approximate surface area is 108 Å². The molecule has 1 aromatic rings. The van der Waals surface area contributed by atoms with Crippen LogP contribution in [-0.4, -0.2) is 23.5 Å². The summed E-state index contributed by atoms with van der Waals surface area (Å²) in [6.07, 6.45) is 3.52. The Balaban J connectivity index is 2.20. The Morgan fingerprint density at radius 2 is 1.94 bits per heavy atom. The highest BCUT2D eigenvalue weighted by atomic mass is 79.9. The van der Waals surface area contributed by atoms with Gasteiger partial charge < -0.3 is 8.85 Å². The molecule has 0 aliphatic rings. The minimum absolute atomic E-state index is 1.10. The predicted molar refractivity (Wildman–Crippen MR) is 73.1 cm³/mol. The van der Waals surface area contributed by atoms with Crippen LogP contribution in [-0.2, 0) is 15.3 Å². The summed E-state index contributed by atoms with van der Waals surface area (Å²) in [7, 11) is 2.15. The highest BCUT2D eigenvalue weighted by Gasteiger charge is 2.08. The number of hydrogen-bond donors (Lipinski definition) is 0. The molecule has 2 nitrogen and oxygen atoms in total. The monoisotopic (exact) mass is 302 g/mol. The van der Waals surface area contributed by atoms with Gasteiger partial charge >= 0.3 is 9.28 Å². The molecule has 0 spiro atoms. The fourth-order valence-electron chi connectivity index (χ4n) is 1.66. The van der Waals surface area contributed by atoms with Gasteiger partial charge in [-0.1, -0.05) is 34.5 Å². The third-order valence-electron chi connectivity index (χ3n) is 2.57. The van der Waals surface area contributed by atoms with E-state index in [1.165, 1.54) is 18.4 Å². The first-order valence-electron chi connectivity index (χ1n) is 5.56. The Bertz CT molecular complexity index is 303. The van der Waals surface area contributed by atoms with Crippen molar-refractivity contribution in [3.63, 3.8) is 0 Å². The Kier molecular flexibility index (Phi) is 6.95. The van der Waals surface area contributed by atoms with Crippen molar-refractivity contribution in [2.75, 3.05) is 14.2 Å². The van der Waals surface area contributed by atoms with E-state index in [0.717, 1.165) is 16.9 Å². The van der Waals surface area contributed by atoms with E-state index in [4.69, 9.17) is 8.85 Å². The van der Waals surface area contributed by atoms with Gasteiger partial charge in [0.2, 0.25) is 0 Å². The highest BCUT2D eigenvalue weighted by molar-refractivity contribution is 9.10. The SMILES string of the molecule is CO[SiH](CCCCc1cccc(Br)c1)OC. The van der Waals surface area contributed by atoms with Crippen LogP contribution in [0.15, 0.2) is 28.7 Å². The molecule has 0 unspecified atom stereocenters. The van der Waals surface area contributed by atoms with E-state index in [1.807, 2.05) is 0 Å². The third-order valence-corrected chi connectivity index (χ3v) is 4.99. The average Bonchev–Trinajstić information content (AvgIpc) is 2.29. The smallest absolute Gasteiger partial charge is 0.320 e. The van der Waals surface area contributed by atoms with Crippen LogP contribution in [0.25, 0.3) is 0 Å². The zero-order valence-corrected chi connectivity index (χ0v) is 12.7. The molecule has 4 heteroatoms. The molecule has 0 heterocycles. The van der Waals surface area contributed by atoms with E-state index >= 15 is 0 Å². The predicted octanol–water partition coefficient (Wildman–Crippen LogP) is 3.29. The molecule has 0 fully saturated rings. The topological polar surface area (TPSA) is 18.5 Å². The van der Waals surface area contributed by atoms with E-state index in [9.17, 15) is 0 Å². The lowest BCUT2D eigenvalue weighted by atomic mass is 10.1. The Morgan fingerprint density at radius 1 is 1.19 bits per heavy atom. The van der Waals surface area contributed by atoms with Crippen molar-refractivity contribution in [2.45, 2.75) is 25.3 Å². The lowest BCUT2D eigenvalue weighted by molar-refractivity contribution is 0.276. The summed E-state index contributed by atoms with van der Waals surface area (Å²) in [5, 5.41) is 0. The summed E-state index contributed by atoms with van der Waals surface area (Å²) in [6, 6.07) is 9.60. The molecule has 0 amide bonds. The molecular weight excluding hydrogens is 284 g/mol. The van der Waals surface area contributed by atoms with Crippen LogP contribution < -0.4 is 0 Å². The molecule has 1 aromatic carbocycles. The molecule has 1 rings (SSSR count). The molecule has 0 saturated carbocycles. The molecular formula is C12H19BrO2Si. The fraction of sp³-hybridized carbons (Fsp3) is 0.500. The fourth-order valence-corrected chi connectivity index (χ4v) is 3.40. The molecule has 16 heavy (non-hydrogen) atoms. The van der Waals surface area contributed by atoms with Gasteiger partial charge in [-0.05, 0) is 36.6 Å².